The van der Waals surface area contributed by atoms with Gasteiger partial charge >= 0.3 is 0 Å². The number of benzene rings is 2. The Morgan fingerprint density at radius 1 is 1.13 bits per heavy atom. The van der Waals surface area contributed by atoms with Crippen LogP contribution in [0.2, 0.25) is 5.02 Å². The number of rotatable bonds is 6. The molecule has 8 heteroatoms. The zero-order chi connectivity index (χ0) is 21.6. The predicted molar refractivity (Wildman–Crippen MR) is 124 cm³/mol. The van der Waals surface area contributed by atoms with E-state index in [1.807, 2.05) is 53.9 Å². The van der Waals surface area contributed by atoms with Crippen molar-refractivity contribution in [2.75, 3.05) is 5.32 Å². The van der Waals surface area contributed by atoms with Crippen molar-refractivity contribution in [1.29, 1.82) is 5.26 Å². The number of carbonyl (C=O) groups is 1. The van der Waals surface area contributed by atoms with Crippen molar-refractivity contribution in [2.24, 2.45) is 0 Å². The number of halogens is 1. The van der Waals surface area contributed by atoms with Gasteiger partial charge in [-0.2, -0.15) is 5.26 Å². The van der Waals surface area contributed by atoms with E-state index < -0.39 is 5.91 Å². The van der Waals surface area contributed by atoms with E-state index in [0.717, 1.165) is 16.2 Å². The number of thiazole rings is 1. The van der Waals surface area contributed by atoms with Crippen LogP contribution in [-0.2, 0) is 4.79 Å². The van der Waals surface area contributed by atoms with Crippen LogP contribution >= 0.6 is 34.7 Å². The number of aromatic nitrogens is 1. The van der Waals surface area contributed by atoms with Gasteiger partial charge in [-0.05, 0) is 36.4 Å². The summed E-state index contributed by atoms with van der Waals surface area (Å²) in [5.74, 6) is -0.132. The SMILES string of the molecule is N#CC(=Cc1ccc(Sc2ccc(Cl)cc2)o1)C(=O)Nc1nc(-c2ccccc2)cs1. The van der Waals surface area contributed by atoms with Gasteiger partial charge < -0.3 is 4.42 Å². The Kier molecular flexibility index (Phi) is 6.53. The number of hydrogen-bond acceptors (Lipinski definition) is 6. The van der Waals surface area contributed by atoms with Gasteiger partial charge in [0.25, 0.3) is 5.91 Å². The largest absolute Gasteiger partial charge is 0.450 e. The molecule has 4 aromatic rings. The molecule has 2 aromatic heterocycles. The lowest BCUT2D eigenvalue weighted by Crippen LogP contribution is -2.13. The Hall–Kier alpha value is -3.31. The zero-order valence-corrected chi connectivity index (χ0v) is 18.3. The van der Waals surface area contributed by atoms with Crippen molar-refractivity contribution < 1.29 is 9.21 Å². The Morgan fingerprint density at radius 2 is 1.90 bits per heavy atom. The first-order chi connectivity index (χ1) is 15.1. The minimum Gasteiger partial charge on any atom is -0.450 e. The minimum atomic E-state index is -0.542. The smallest absolute Gasteiger partial charge is 0.268 e. The number of nitrogens with one attached hydrogen (secondary N) is 1. The molecule has 31 heavy (non-hydrogen) atoms. The van der Waals surface area contributed by atoms with Gasteiger partial charge in [-0.15, -0.1) is 11.3 Å². The average molecular weight is 464 g/mol. The highest BCUT2D eigenvalue weighted by molar-refractivity contribution is 7.99. The first-order valence-electron chi connectivity index (χ1n) is 9.08. The van der Waals surface area contributed by atoms with Crippen molar-refractivity contribution >= 4 is 51.8 Å². The van der Waals surface area contributed by atoms with Gasteiger partial charge in [0.2, 0.25) is 0 Å². The Bertz CT molecular complexity index is 1270. The van der Waals surface area contributed by atoms with Crippen LogP contribution in [0, 0.1) is 11.3 Å². The maximum absolute atomic E-state index is 12.5. The van der Waals surface area contributed by atoms with Crippen LogP contribution in [0.4, 0.5) is 5.13 Å². The van der Waals surface area contributed by atoms with Crippen LogP contribution in [0.25, 0.3) is 17.3 Å². The normalized spacial score (nSPS) is 11.2. The Morgan fingerprint density at radius 3 is 2.65 bits per heavy atom. The molecule has 0 bridgehead atoms. The lowest BCUT2D eigenvalue weighted by Gasteiger charge is -2.00. The quantitative estimate of drug-likeness (QED) is 0.252. The van der Waals surface area contributed by atoms with Crippen molar-refractivity contribution in [1.82, 2.24) is 4.98 Å². The van der Waals surface area contributed by atoms with E-state index in [1.54, 1.807) is 24.3 Å². The Balaban J connectivity index is 1.44. The van der Waals surface area contributed by atoms with Gasteiger partial charge in [-0.25, -0.2) is 4.98 Å². The lowest BCUT2D eigenvalue weighted by atomic mass is 10.2. The summed E-state index contributed by atoms with van der Waals surface area (Å²) in [6.07, 6.45) is 1.41. The lowest BCUT2D eigenvalue weighted by molar-refractivity contribution is -0.112. The third-order valence-electron chi connectivity index (χ3n) is 4.08. The van der Waals surface area contributed by atoms with E-state index in [2.05, 4.69) is 10.3 Å². The molecular weight excluding hydrogens is 450 g/mol. The second-order valence-electron chi connectivity index (χ2n) is 6.24. The standard InChI is InChI=1S/C23H14ClN3O2S2/c24-17-6-9-19(10-7-17)31-21-11-8-18(29-21)12-16(13-25)22(28)27-23-26-20(14-30-23)15-4-2-1-3-5-15/h1-12,14H,(H,26,27,28). The van der Waals surface area contributed by atoms with Crippen LogP contribution in [0.5, 0.6) is 0 Å². The topological polar surface area (TPSA) is 78.9 Å². The molecule has 0 spiro atoms. The molecule has 0 saturated carbocycles. The second-order valence-corrected chi connectivity index (χ2v) is 8.61. The highest BCUT2D eigenvalue weighted by Crippen LogP contribution is 2.31. The van der Waals surface area contributed by atoms with E-state index in [1.165, 1.54) is 29.2 Å². The molecule has 4 rings (SSSR count). The summed E-state index contributed by atoms with van der Waals surface area (Å²) < 4.78 is 5.72. The van der Waals surface area contributed by atoms with Crippen molar-refractivity contribution in [2.45, 2.75) is 9.99 Å². The molecule has 0 saturated heterocycles. The summed E-state index contributed by atoms with van der Waals surface area (Å²) in [6, 6.07) is 22.4. The van der Waals surface area contributed by atoms with E-state index >= 15 is 0 Å². The number of furan rings is 1. The van der Waals surface area contributed by atoms with Gasteiger partial charge in [-0.1, -0.05) is 53.7 Å². The highest BCUT2D eigenvalue weighted by Gasteiger charge is 2.14. The number of anilines is 1. The third kappa shape index (κ3) is 5.44. The van der Waals surface area contributed by atoms with Crippen LogP contribution in [-0.4, -0.2) is 10.9 Å². The Labute approximate surface area is 192 Å². The molecule has 1 N–H and O–H groups in total. The monoisotopic (exact) mass is 463 g/mol. The van der Waals surface area contributed by atoms with Gasteiger partial charge in [-0.3, -0.25) is 10.1 Å². The van der Waals surface area contributed by atoms with Gasteiger partial charge in [0.15, 0.2) is 10.2 Å². The fourth-order valence-corrected chi connectivity index (χ4v) is 4.23. The van der Waals surface area contributed by atoms with E-state index in [0.29, 0.717) is 21.0 Å². The molecule has 152 valence electrons. The fourth-order valence-electron chi connectivity index (χ4n) is 2.61. The summed E-state index contributed by atoms with van der Waals surface area (Å²) in [5, 5.41) is 15.7. The first kappa shape index (κ1) is 20.9. The van der Waals surface area contributed by atoms with Crippen molar-refractivity contribution in [3.63, 3.8) is 0 Å². The summed E-state index contributed by atoms with van der Waals surface area (Å²) >= 11 is 8.61. The molecule has 0 aliphatic rings. The second kappa shape index (κ2) is 9.67. The van der Waals surface area contributed by atoms with Gasteiger partial charge in [0.1, 0.15) is 17.4 Å². The molecule has 1 amide bonds. The molecule has 0 atom stereocenters. The van der Waals surface area contributed by atoms with E-state index in [4.69, 9.17) is 16.0 Å². The maximum atomic E-state index is 12.5. The zero-order valence-electron chi connectivity index (χ0n) is 15.9. The summed E-state index contributed by atoms with van der Waals surface area (Å²) in [5.41, 5.74) is 1.64. The summed E-state index contributed by atoms with van der Waals surface area (Å²) in [6.45, 7) is 0. The summed E-state index contributed by atoms with van der Waals surface area (Å²) in [7, 11) is 0. The number of amides is 1. The van der Waals surface area contributed by atoms with Crippen LogP contribution in [0.15, 0.2) is 92.1 Å². The number of nitrogens with zero attached hydrogens (tertiary/aromatic N) is 2. The molecule has 2 aromatic carbocycles. The third-order valence-corrected chi connectivity index (χ3v) is 6.02. The fraction of sp³-hybridized carbons (Fsp3) is 0. The van der Waals surface area contributed by atoms with E-state index in [9.17, 15) is 10.1 Å². The average Bonchev–Trinajstić information content (AvgIpc) is 3.44. The van der Waals surface area contributed by atoms with Crippen LogP contribution in [0.3, 0.4) is 0 Å². The first-order valence-corrected chi connectivity index (χ1v) is 11.2. The predicted octanol–water partition coefficient (Wildman–Crippen LogP) is 6.75. The molecular formula is C23H14ClN3O2S2. The molecule has 0 radical (unpaired) electrons. The van der Waals surface area contributed by atoms with E-state index in [-0.39, 0.29) is 5.57 Å². The number of carbonyl (C=O) groups excluding carboxylic acids is 1. The molecule has 2 heterocycles. The minimum absolute atomic E-state index is 0.0751. The van der Waals surface area contributed by atoms with Crippen LogP contribution in [0.1, 0.15) is 5.76 Å². The highest BCUT2D eigenvalue weighted by atomic mass is 35.5. The molecule has 0 aliphatic carbocycles. The maximum Gasteiger partial charge on any atom is 0.268 e. The summed E-state index contributed by atoms with van der Waals surface area (Å²) in [4.78, 5) is 17.9. The molecule has 0 fully saturated rings. The number of hydrogen-bond donors (Lipinski definition) is 1. The molecule has 5 nitrogen and oxygen atoms in total. The van der Waals surface area contributed by atoms with Gasteiger partial charge in [0.05, 0.1) is 5.69 Å². The van der Waals surface area contributed by atoms with Crippen molar-refractivity contribution in [3.05, 3.63) is 88.5 Å². The van der Waals surface area contributed by atoms with Gasteiger partial charge in [0, 0.05) is 26.9 Å². The van der Waals surface area contributed by atoms with Crippen molar-refractivity contribution in [3.8, 4) is 17.3 Å². The molecule has 0 aliphatic heterocycles. The van der Waals surface area contributed by atoms with Crippen LogP contribution < -0.4 is 5.32 Å². The molecule has 0 unspecified atom stereocenters. The number of nitriles is 1.